The summed E-state index contributed by atoms with van der Waals surface area (Å²) in [6, 6.07) is 3.35. The van der Waals surface area contributed by atoms with Crippen molar-refractivity contribution in [2.24, 2.45) is 5.73 Å². The highest BCUT2D eigenvalue weighted by Crippen LogP contribution is 2.33. The van der Waals surface area contributed by atoms with Gasteiger partial charge in [0.25, 0.3) is 5.91 Å². The fraction of sp³-hybridized carbons (Fsp3) is 0.533. The van der Waals surface area contributed by atoms with Crippen molar-refractivity contribution >= 4 is 29.1 Å². The first kappa shape index (κ1) is 16.4. The number of rotatable bonds is 5. The van der Waals surface area contributed by atoms with E-state index in [1.165, 1.54) is 0 Å². The van der Waals surface area contributed by atoms with Gasteiger partial charge in [-0.2, -0.15) is 0 Å². The minimum Gasteiger partial charge on any atom is -0.482 e. The molecule has 1 aromatic rings. The molecule has 6 heteroatoms. The maximum atomic E-state index is 12.0. The number of ether oxygens (including phenoxy) is 1. The maximum Gasteiger partial charge on any atom is 0.260 e. The Bertz CT molecular complexity index is 515. The molecule has 1 aliphatic rings. The highest BCUT2D eigenvalue weighted by molar-refractivity contribution is 6.35. The van der Waals surface area contributed by atoms with Crippen molar-refractivity contribution in [3.63, 3.8) is 0 Å². The molecule has 1 amide bonds. The number of likely N-dealkylation sites (tertiary alicyclic amines) is 1. The van der Waals surface area contributed by atoms with E-state index >= 15 is 0 Å². The van der Waals surface area contributed by atoms with Gasteiger partial charge in [-0.15, -0.1) is 0 Å². The zero-order valence-corrected chi connectivity index (χ0v) is 13.6. The SMILES string of the molecule is CC(N)Cc1cc(Cl)cc(Cl)c1OCC(=O)N1CCCC1. The van der Waals surface area contributed by atoms with Gasteiger partial charge in [-0.3, -0.25) is 4.79 Å². The van der Waals surface area contributed by atoms with E-state index in [1.54, 1.807) is 12.1 Å². The number of nitrogens with two attached hydrogens (primary N) is 1. The van der Waals surface area contributed by atoms with Crippen molar-refractivity contribution in [3.05, 3.63) is 27.7 Å². The number of hydrogen-bond acceptors (Lipinski definition) is 3. The minimum absolute atomic E-state index is 0.00664. The predicted molar refractivity (Wildman–Crippen MR) is 85.1 cm³/mol. The first-order chi connectivity index (χ1) is 9.97. The number of hydrogen-bond donors (Lipinski definition) is 1. The number of carbonyl (C=O) groups is 1. The van der Waals surface area contributed by atoms with Crippen LogP contribution >= 0.6 is 23.2 Å². The predicted octanol–water partition coefficient (Wildman–Crippen LogP) is 2.88. The molecule has 116 valence electrons. The lowest BCUT2D eigenvalue weighted by atomic mass is 10.1. The molecular formula is C15H20Cl2N2O2. The second-order valence-corrected chi connectivity index (χ2v) is 6.28. The van der Waals surface area contributed by atoms with Crippen molar-refractivity contribution in [1.82, 2.24) is 4.90 Å². The number of amides is 1. The van der Waals surface area contributed by atoms with Crippen LogP contribution in [0.1, 0.15) is 25.3 Å². The fourth-order valence-corrected chi connectivity index (χ4v) is 3.06. The zero-order valence-electron chi connectivity index (χ0n) is 12.1. The van der Waals surface area contributed by atoms with Crippen LogP contribution in [0.25, 0.3) is 0 Å². The van der Waals surface area contributed by atoms with Gasteiger partial charge in [-0.1, -0.05) is 23.2 Å². The van der Waals surface area contributed by atoms with Crippen molar-refractivity contribution < 1.29 is 9.53 Å². The van der Waals surface area contributed by atoms with Crippen LogP contribution in [0, 0.1) is 0 Å². The Labute approximate surface area is 135 Å². The number of halogens is 2. The van der Waals surface area contributed by atoms with Gasteiger partial charge < -0.3 is 15.4 Å². The molecule has 1 fully saturated rings. The molecule has 1 saturated heterocycles. The third-order valence-electron chi connectivity index (χ3n) is 3.43. The molecule has 1 atom stereocenters. The minimum atomic E-state index is -0.0452. The number of benzene rings is 1. The highest BCUT2D eigenvalue weighted by Gasteiger charge is 2.20. The largest absolute Gasteiger partial charge is 0.482 e. The van der Waals surface area contributed by atoms with Gasteiger partial charge in [-0.25, -0.2) is 0 Å². The molecule has 1 aromatic carbocycles. The van der Waals surface area contributed by atoms with E-state index < -0.39 is 0 Å². The van der Waals surface area contributed by atoms with Crippen molar-refractivity contribution in [1.29, 1.82) is 0 Å². The average molecular weight is 331 g/mol. The molecule has 2 N–H and O–H groups in total. The van der Waals surface area contributed by atoms with Gasteiger partial charge in [0, 0.05) is 24.2 Å². The monoisotopic (exact) mass is 330 g/mol. The summed E-state index contributed by atoms with van der Waals surface area (Å²) >= 11 is 12.2. The summed E-state index contributed by atoms with van der Waals surface area (Å²) in [5, 5.41) is 0.946. The first-order valence-electron chi connectivity index (χ1n) is 7.11. The molecule has 1 aliphatic heterocycles. The van der Waals surface area contributed by atoms with E-state index in [4.69, 9.17) is 33.7 Å². The summed E-state index contributed by atoms with van der Waals surface area (Å²) in [6.45, 7) is 3.51. The van der Waals surface area contributed by atoms with Gasteiger partial charge >= 0.3 is 0 Å². The first-order valence-corrected chi connectivity index (χ1v) is 7.87. The molecule has 4 nitrogen and oxygen atoms in total. The molecule has 2 rings (SSSR count). The van der Waals surface area contributed by atoms with Gasteiger partial charge in [0.05, 0.1) is 5.02 Å². The van der Waals surface area contributed by atoms with Crippen molar-refractivity contribution in [3.8, 4) is 5.75 Å². The standard InChI is InChI=1S/C15H20Cl2N2O2/c1-10(18)6-11-7-12(16)8-13(17)15(11)21-9-14(20)19-4-2-3-5-19/h7-8,10H,2-6,9,18H2,1H3. The number of carbonyl (C=O) groups excluding carboxylic acids is 1. The van der Waals surface area contributed by atoms with E-state index in [0.717, 1.165) is 31.5 Å². The zero-order chi connectivity index (χ0) is 15.4. The Morgan fingerprint density at radius 3 is 2.67 bits per heavy atom. The lowest BCUT2D eigenvalue weighted by Gasteiger charge is -2.18. The van der Waals surface area contributed by atoms with E-state index in [9.17, 15) is 4.79 Å². The highest BCUT2D eigenvalue weighted by atomic mass is 35.5. The van der Waals surface area contributed by atoms with Gasteiger partial charge in [0.15, 0.2) is 6.61 Å². The topological polar surface area (TPSA) is 55.6 Å². The van der Waals surface area contributed by atoms with E-state index in [-0.39, 0.29) is 18.6 Å². The maximum absolute atomic E-state index is 12.0. The smallest absolute Gasteiger partial charge is 0.260 e. The Hall–Kier alpha value is -0.970. The van der Waals surface area contributed by atoms with Crippen molar-refractivity contribution in [2.45, 2.75) is 32.2 Å². The van der Waals surface area contributed by atoms with Crippen LogP contribution in [0.3, 0.4) is 0 Å². The summed E-state index contributed by atoms with van der Waals surface area (Å²) in [5.41, 5.74) is 6.66. The molecule has 1 heterocycles. The third-order valence-corrected chi connectivity index (χ3v) is 3.92. The molecule has 1 unspecified atom stereocenters. The van der Waals surface area contributed by atoms with Crippen LogP contribution in [0.2, 0.25) is 10.0 Å². The molecular weight excluding hydrogens is 311 g/mol. The van der Waals surface area contributed by atoms with Gasteiger partial charge in [0.2, 0.25) is 0 Å². The van der Waals surface area contributed by atoms with Crippen LogP contribution in [0.4, 0.5) is 0 Å². The second kappa shape index (κ2) is 7.34. The second-order valence-electron chi connectivity index (χ2n) is 5.43. The van der Waals surface area contributed by atoms with Crippen LogP contribution < -0.4 is 10.5 Å². The van der Waals surface area contributed by atoms with Crippen LogP contribution in [-0.2, 0) is 11.2 Å². The molecule has 0 saturated carbocycles. The summed E-state index contributed by atoms with van der Waals surface area (Å²) in [5.74, 6) is 0.496. The molecule has 21 heavy (non-hydrogen) atoms. The molecule has 0 spiro atoms. The molecule has 0 aromatic heterocycles. The normalized spacial score (nSPS) is 16.1. The molecule has 0 aliphatic carbocycles. The fourth-order valence-electron chi connectivity index (χ4n) is 2.47. The van der Waals surface area contributed by atoms with Crippen molar-refractivity contribution in [2.75, 3.05) is 19.7 Å². The van der Waals surface area contributed by atoms with Gasteiger partial charge in [0.1, 0.15) is 5.75 Å². The third kappa shape index (κ3) is 4.50. The Morgan fingerprint density at radius 1 is 1.38 bits per heavy atom. The summed E-state index contributed by atoms with van der Waals surface area (Å²) in [7, 11) is 0. The van der Waals surface area contributed by atoms with Crippen LogP contribution in [0.5, 0.6) is 5.75 Å². The van der Waals surface area contributed by atoms with Crippen LogP contribution in [-0.4, -0.2) is 36.5 Å². The summed E-state index contributed by atoms with van der Waals surface area (Å²) in [6.07, 6.45) is 2.71. The molecule has 0 radical (unpaired) electrons. The molecule has 0 bridgehead atoms. The van der Waals surface area contributed by atoms with E-state index in [0.29, 0.717) is 22.2 Å². The van der Waals surface area contributed by atoms with Crippen LogP contribution in [0.15, 0.2) is 12.1 Å². The number of nitrogens with zero attached hydrogens (tertiary/aromatic N) is 1. The van der Waals surface area contributed by atoms with E-state index in [2.05, 4.69) is 0 Å². The Kier molecular flexibility index (Phi) is 5.73. The summed E-state index contributed by atoms with van der Waals surface area (Å²) in [4.78, 5) is 13.9. The summed E-state index contributed by atoms with van der Waals surface area (Å²) < 4.78 is 5.66. The van der Waals surface area contributed by atoms with Gasteiger partial charge in [-0.05, 0) is 43.9 Å². The van der Waals surface area contributed by atoms with E-state index in [1.807, 2.05) is 11.8 Å². The lowest BCUT2D eigenvalue weighted by Crippen LogP contribution is -2.32. The Balaban J connectivity index is 2.08. The Morgan fingerprint density at radius 2 is 2.05 bits per heavy atom. The average Bonchev–Trinajstić information content (AvgIpc) is 2.90. The quantitative estimate of drug-likeness (QED) is 0.903. The lowest BCUT2D eigenvalue weighted by molar-refractivity contribution is -0.132.